The average molecular weight is 617 g/mol. The van der Waals surface area contributed by atoms with Crippen molar-refractivity contribution in [3.05, 3.63) is 98.8 Å². The van der Waals surface area contributed by atoms with Crippen LogP contribution >= 0.6 is 0 Å². The second kappa shape index (κ2) is 11.9. The lowest BCUT2D eigenvalue weighted by molar-refractivity contribution is -0.138. The molecule has 3 aromatic carbocycles. The number of aromatic amines is 1. The Labute approximate surface area is 253 Å². The first-order valence-corrected chi connectivity index (χ1v) is 15.2. The Kier molecular flexibility index (Phi) is 8.26. The first-order valence-electron chi connectivity index (χ1n) is 13.8. The van der Waals surface area contributed by atoms with E-state index in [1.807, 2.05) is 37.3 Å². The molecule has 12 nitrogen and oxygen atoms in total. The highest BCUT2D eigenvalue weighted by Crippen LogP contribution is 2.22. The van der Waals surface area contributed by atoms with Crippen LogP contribution in [0.5, 0.6) is 0 Å². The number of fused-ring (bicyclic) bond motifs is 2. The number of carbonyl (C=O) groups excluding carboxylic acids is 1. The quantitative estimate of drug-likeness (QED) is 0.159. The number of hydrogen-bond acceptors (Lipinski definition) is 7. The predicted octanol–water partition coefficient (Wildman–Crippen LogP) is 3.11. The molecule has 44 heavy (non-hydrogen) atoms. The fourth-order valence-corrected chi connectivity index (χ4v) is 6.97. The lowest BCUT2D eigenvalue weighted by Crippen LogP contribution is -2.49. The van der Waals surface area contributed by atoms with Gasteiger partial charge < -0.3 is 25.3 Å². The summed E-state index contributed by atoms with van der Waals surface area (Å²) >= 11 is 0. The van der Waals surface area contributed by atoms with Gasteiger partial charge in [0, 0.05) is 31.7 Å². The highest BCUT2D eigenvalue weighted by Gasteiger charge is 2.29. The van der Waals surface area contributed by atoms with E-state index in [0.717, 1.165) is 22.2 Å². The van der Waals surface area contributed by atoms with Crippen LogP contribution in [0, 0.1) is 20.8 Å². The molecular formula is C31H32N6O6S. The van der Waals surface area contributed by atoms with Crippen molar-refractivity contribution in [1.82, 2.24) is 24.6 Å². The molecule has 0 radical (unpaired) electrons. The van der Waals surface area contributed by atoms with Gasteiger partial charge in [-0.1, -0.05) is 35.9 Å². The van der Waals surface area contributed by atoms with E-state index in [1.54, 1.807) is 49.7 Å². The molecule has 2 heterocycles. The van der Waals surface area contributed by atoms with Gasteiger partial charge in [0.1, 0.15) is 11.6 Å². The highest BCUT2D eigenvalue weighted by atomic mass is 32.2. The van der Waals surface area contributed by atoms with Gasteiger partial charge in [-0.2, -0.15) is 4.72 Å². The SMILES string of the molecule is Cc1cc(C)c(S(=O)(=O)NC(CNC(=O)c2cn(C)c3cc(CNc4nc5ccccc5[nH]4)ccc3c2=O)C(=O)O)c(C)c1. The first-order chi connectivity index (χ1) is 20.8. The van der Waals surface area contributed by atoms with E-state index in [4.69, 9.17) is 0 Å². The third kappa shape index (κ3) is 6.19. The summed E-state index contributed by atoms with van der Waals surface area (Å²) in [6.07, 6.45) is 1.37. The van der Waals surface area contributed by atoms with Gasteiger partial charge >= 0.3 is 5.97 Å². The lowest BCUT2D eigenvalue weighted by Gasteiger charge is -2.18. The molecule has 13 heteroatoms. The van der Waals surface area contributed by atoms with Gasteiger partial charge in [-0.15, -0.1) is 0 Å². The van der Waals surface area contributed by atoms with Gasteiger partial charge in [-0.25, -0.2) is 13.4 Å². The summed E-state index contributed by atoms with van der Waals surface area (Å²) in [7, 11) is -2.54. The Hall–Kier alpha value is -5.01. The highest BCUT2D eigenvalue weighted by molar-refractivity contribution is 7.89. The summed E-state index contributed by atoms with van der Waals surface area (Å²) in [4.78, 5) is 46.0. The predicted molar refractivity (Wildman–Crippen MR) is 167 cm³/mol. The lowest BCUT2D eigenvalue weighted by atomic mass is 10.1. The van der Waals surface area contributed by atoms with Crippen LogP contribution in [0.2, 0.25) is 0 Å². The molecular weight excluding hydrogens is 584 g/mol. The topological polar surface area (TPSA) is 175 Å². The van der Waals surface area contributed by atoms with Crippen molar-refractivity contribution in [3.63, 3.8) is 0 Å². The molecule has 1 amide bonds. The summed E-state index contributed by atoms with van der Waals surface area (Å²) in [5, 5.41) is 15.7. The third-order valence-corrected chi connectivity index (χ3v) is 9.06. The van der Waals surface area contributed by atoms with E-state index in [2.05, 4.69) is 25.3 Å². The number of anilines is 1. The zero-order valence-electron chi connectivity index (χ0n) is 24.6. The number of nitrogens with zero attached hydrogens (tertiary/aromatic N) is 2. The monoisotopic (exact) mass is 616 g/mol. The van der Waals surface area contributed by atoms with Gasteiger partial charge in [-0.3, -0.25) is 14.4 Å². The smallest absolute Gasteiger partial charge is 0.323 e. The number of carbonyl (C=O) groups is 2. The Bertz CT molecular complexity index is 2040. The molecule has 0 saturated carbocycles. The molecule has 0 spiro atoms. The Balaban J connectivity index is 1.31. The number of nitrogens with one attached hydrogen (secondary N) is 4. The number of imidazole rings is 1. The molecule has 1 unspecified atom stereocenters. The molecule has 0 aliphatic rings. The number of carboxylic acids is 1. The number of aromatic nitrogens is 3. The number of aliphatic carboxylic acids is 1. The number of aryl methyl sites for hydroxylation is 4. The van der Waals surface area contributed by atoms with Crippen LogP contribution in [0.25, 0.3) is 21.9 Å². The fourth-order valence-electron chi connectivity index (χ4n) is 5.33. The summed E-state index contributed by atoms with van der Waals surface area (Å²) in [5.74, 6) is -1.69. The zero-order valence-corrected chi connectivity index (χ0v) is 25.4. The summed E-state index contributed by atoms with van der Waals surface area (Å²) in [6.45, 7) is 4.94. The van der Waals surface area contributed by atoms with Crippen LogP contribution in [0.15, 0.2) is 70.5 Å². The average Bonchev–Trinajstić information content (AvgIpc) is 3.38. The summed E-state index contributed by atoms with van der Waals surface area (Å²) in [5.41, 5.74) is 4.28. The van der Waals surface area contributed by atoms with E-state index in [-0.39, 0.29) is 10.5 Å². The fraction of sp³-hybridized carbons (Fsp3) is 0.226. The van der Waals surface area contributed by atoms with Crippen molar-refractivity contribution >= 4 is 49.8 Å². The van der Waals surface area contributed by atoms with Crippen LogP contribution < -0.4 is 20.8 Å². The number of benzene rings is 3. The molecule has 2 aromatic heterocycles. The maximum absolute atomic E-state index is 13.3. The number of pyridine rings is 1. The number of carboxylic acid groups (broad SMARTS) is 1. The van der Waals surface area contributed by atoms with Crippen molar-refractivity contribution in [3.8, 4) is 0 Å². The maximum atomic E-state index is 13.3. The summed E-state index contributed by atoms with van der Waals surface area (Å²) in [6, 6.07) is 14.6. The van der Waals surface area contributed by atoms with Crippen LogP contribution in [0.4, 0.5) is 5.95 Å². The van der Waals surface area contributed by atoms with E-state index in [9.17, 15) is 27.9 Å². The molecule has 1 atom stereocenters. The number of rotatable bonds is 10. The van der Waals surface area contributed by atoms with Crippen molar-refractivity contribution in [2.45, 2.75) is 38.3 Å². The Morgan fingerprint density at radius 2 is 1.75 bits per heavy atom. The maximum Gasteiger partial charge on any atom is 0.323 e. The second-order valence-corrected chi connectivity index (χ2v) is 12.4. The van der Waals surface area contributed by atoms with Gasteiger partial charge in [0.15, 0.2) is 0 Å². The van der Waals surface area contributed by atoms with Gasteiger partial charge in [0.05, 0.1) is 21.4 Å². The number of hydrogen-bond donors (Lipinski definition) is 5. The standard InChI is InChI=1S/C31H32N6O6S/c1-17-11-18(2)28(19(3)12-17)44(42,43)36-25(30(40)41)15-32-29(39)22-16-37(4)26-13-20(9-10-21(26)27(22)38)14-33-31-34-23-7-5-6-8-24(23)35-31/h5-13,16,25,36H,14-15H2,1-4H3,(H,32,39)(H,40,41)(H2,33,34,35). The zero-order chi connectivity index (χ0) is 31.8. The van der Waals surface area contributed by atoms with Gasteiger partial charge in [0.25, 0.3) is 5.91 Å². The number of sulfonamides is 1. The third-order valence-electron chi connectivity index (χ3n) is 7.28. The normalized spacial score (nSPS) is 12.4. The summed E-state index contributed by atoms with van der Waals surface area (Å²) < 4.78 is 30.0. The van der Waals surface area contributed by atoms with E-state index < -0.39 is 39.9 Å². The largest absolute Gasteiger partial charge is 0.480 e. The molecule has 5 aromatic rings. The van der Waals surface area contributed by atoms with Crippen LogP contribution in [-0.2, 0) is 28.4 Å². The van der Waals surface area contributed by atoms with Crippen molar-refractivity contribution in [2.24, 2.45) is 7.05 Å². The van der Waals surface area contributed by atoms with Crippen molar-refractivity contribution in [2.75, 3.05) is 11.9 Å². The molecule has 228 valence electrons. The number of H-pyrrole nitrogens is 1. The van der Waals surface area contributed by atoms with Crippen molar-refractivity contribution < 1.29 is 23.1 Å². The molecule has 0 bridgehead atoms. The van der Waals surface area contributed by atoms with E-state index in [1.165, 1.54) is 6.20 Å². The molecule has 0 aliphatic carbocycles. The second-order valence-electron chi connectivity index (χ2n) is 10.7. The van der Waals surface area contributed by atoms with Crippen LogP contribution in [-0.4, -0.2) is 52.5 Å². The van der Waals surface area contributed by atoms with Crippen molar-refractivity contribution in [1.29, 1.82) is 0 Å². The number of amides is 1. The minimum Gasteiger partial charge on any atom is -0.480 e. The van der Waals surface area contributed by atoms with Crippen LogP contribution in [0.3, 0.4) is 0 Å². The van der Waals surface area contributed by atoms with E-state index >= 15 is 0 Å². The molecule has 0 aliphatic heterocycles. The first kappa shape index (κ1) is 30.4. The minimum atomic E-state index is -4.23. The Morgan fingerprint density at radius 1 is 1.05 bits per heavy atom. The molecule has 0 saturated heterocycles. The van der Waals surface area contributed by atoms with E-state index in [0.29, 0.717) is 34.5 Å². The van der Waals surface area contributed by atoms with Crippen LogP contribution in [0.1, 0.15) is 32.6 Å². The molecule has 5 rings (SSSR count). The Morgan fingerprint density at radius 3 is 2.43 bits per heavy atom. The molecule has 0 fully saturated rings. The van der Waals surface area contributed by atoms with Gasteiger partial charge in [-0.05, 0) is 61.7 Å². The number of para-hydroxylation sites is 2. The van der Waals surface area contributed by atoms with Gasteiger partial charge in [0.2, 0.25) is 21.4 Å². The minimum absolute atomic E-state index is 0.0174. The molecule has 5 N–H and O–H groups in total.